The van der Waals surface area contributed by atoms with E-state index in [0.29, 0.717) is 17.8 Å². The van der Waals surface area contributed by atoms with Crippen molar-refractivity contribution in [1.29, 1.82) is 0 Å². The molecule has 1 N–H and O–H groups in total. The van der Waals surface area contributed by atoms with Crippen LogP contribution in [0.15, 0.2) is 22.8 Å². The number of hydrogen-bond acceptors (Lipinski definition) is 2. The van der Waals surface area contributed by atoms with Crippen molar-refractivity contribution in [3.05, 3.63) is 22.8 Å². The molecule has 0 unspecified atom stereocenters. The number of ketones is 1. The maximum atomic E-state index is 13.4. The summed E-state index contributed by atoms with van der Waals surface area (Å²) in [5.74, 6) is 5.09. The predicted octanol–water partition coefficient (Wildman–Crippen LogP) is 6.88. The first-order valence-corrected chi connectivity index (χ1v) is 13.3. The summed E-state index contributed by atoms with van der Waals surface area (Å²) in [7, 11) is 0. The van der Waals surface area contributed by atoms with Gasteiger partial charge in [0.1, 0.15) is 0 Å². The molecule has 0 spiro atoms. The minimum atomic E-state index is -0.263. The van der Waals surface area contributed by atoms with E-state index in [0.717, 1.165) is 48.9 Å². The summed E-state index contributed by atoms with van der Waals surface area (Å²) in [4.78, 5) is 13.4. The lowest BCUT2D eigenvalue weighted by atomic mass is 9.53. The second-order valence-electron chi connectivity index (χ2n) is 12.8. The summed E-state index contributed by atoms with van der Waals surface area (Å²) < 4.78 is 0. The molecule has 0 saturated heterocycles. The summed E-state index contributed by atoms with van der Waals surface area (Å²) in [6, 6.07) is 0. The molecular weight excluding hydrogens is 380 g/mol. The van der Waals surface area contributed by atoms with Crippen LogP contribution in [-0.4, -0.2) is 17.0 Å². The fourth-order valence-corrected chi connectivity index (χ4v) is 8.75. The van der Waals surface area contributed by atoms with Crippen molar-refractivity contribution < 1.29 is 9.90 Å². The maximum absolute atomic E-state index is 13.4. The average molecular weight is 425 g/mol. The van der Waals surface area contributed by atoms with Gasteiger partial charge in [0.25, 0.3) is 0 Å². The van der Waals surface area contributed by atoms with Crippen LogP contribution in [0.25, 0.3) is 0 Å². The van der Waals surface area contributed by atoms with E-state index in [1.807, 2.05) is 6.08 Å². The number of rotatable bonds is 5. The third kappa shape index (κ3) is 3.42. The van der Waals surface area contributed by atoms with Crippen molar-refractivity contribution in [2.24, 2.45) is 46.3 Å². The highest BCUT2D eigenvalue weighted by atomic mass is 16.3. The van der Waals surface area contributed by atoms with Gasteiger partial charge in [0, 0.05) is 11.0 Å². The maximum Gasteiger partial charge on any atom is 0.182 e. The highest BCUT2D eigenvalue weighted by Crippen LogP contribution is 2.64. The number of carbonyl (C=O) groups excluding carboxylic acids is 1. The quantitative estimate of drug-likeness (QED) is 0.522. The number of aliphatic hydroxyl groups is 1. The van der Waals surface area contributed by atoms with E-state index in [2.05, 4.69) is 34.6 Å². The minimum absolute atomic E-state index is 0.0316. The van der Waals surface area contributed by atoms with E-state index >= 15 is 0 Å². The Morgan fingerprint density at radius 3 is 2.52 bits per heavy atom. The molecule has 0 aromatic heterocycles. The largest absolute Gasteiger partial charge is 0.393 e. The monoisotopic (exact) mass is 424 g/mol. The van der Waals surface area contributed by atoms with Crippen LogP contribution in [0.1, 0.15) is 98.8 Å². The second kappa shape index (κ2) is 7.57. The smallest absolute Gasteiger partial charge is 0.182 e. The molecule has 31 heavy (non-hydrogen) atoms. The molecule has 0 heterocycles. The van der Waals surface area contributed by atoms with Gasteiger partial charge in [-0.25, -0.2) is 0 Å². The molecule has 5 rings (SSSR count). The van der Waals surface area contributed by atoms with Gasteiger partial charge in [-0.05, 0) is 98.4 Å². The van der Waals surface area contributed by atoms with E-state index in [1.165, 1.54) is 55.2 Å². The normalized spacial score (nSPS) is 46.1. The van der Waals surface area contributed by atoms with Gasteiger partial charge in [0.2, 0.25) is 0 Å². The third-order valence-corrected chi connectivity index (χ3v) is 11.0. The fourth-order valence-electron chi connectivity index (χ4n) is 8.75. The zero-order valence-electron chi connectivity index (χ0n) is 20.5. The molecule has 0 bridgehead atoms. The standard InChI is InChI=1S/C29H44O2/c1-17(22-14-19(22)3)6-7-18(2)23-8-9-24-27-25(11-13-29(23,24)5)28(4)12-10-21(30)15-20(28)16-26(27)31/h16-19,21-24,30H,6-15H2,1-5H3/t17-,18-,19-,21+,22+,23-,24-,28+,29-/m1/s1. The number of hydrogen-bond donors (Lipinski definition) is 1. The lowest BCUT2D eigenvalue weighted by Crippen LogP contribution is -2.44. The Labute approximate surface area is 190 Å². The first-order valence-electron chi connectivity index (χ1n) is 13.3. The summed E-state index contributed by atoms with van der Waals surface area (Å²) in [6.45, 7) is 12.3. The van der Waals surface area contributed by atoms with E-state index in [-0.39, 0.29) is 17.3 Å². The van der Waals surface area contributed by atoms with Gasteiger partial charge in [-0.3, -0.25) is 4.79 Å². The molecule has 0 radical (unpaired) electrons. The molecule has 0 aromatic rings. The van der Waals surface area contributed by atoms with Gasteiger partial charge in [-0.1, -0.05) is 58.6 Å². The molecule has 5 aliphatic rings. The number of allylic oxidation sites excluding steroid dienone is 3. The Kier molecular flexibility index (Phi) is 5.36. The van der Waals surface area contributed by atoms with Crippen molar-refractivity contribution in [2.75, 3.05) is 0 Å². The minimum Gasteiger partial charge on any atom is -0.393 e. The van der Waals surface area contributed by atoms with Crippen molar-refractivity contribution in [3.63, 3.8) is 0 Å². The van der Waals surface area contributed by atoms with Crippen molar-refractivity contribution in [3.8, 4) is 0 Å². The molecule has 3 fully saturated rings. The van der Waals surface area contributed by atoms with Crippen LogP contribution in [-0.2, 0) is 4.79 Å². The zero-order chi connectivity index (χ0) is 22.1. The summed E-state index contributed by atoms with van der Waals surface area (Å²) >= 11 is 0. The molecule has 172 valence electrons. The van der Waals surface area contributed by atoms with E-state index in [4.69, 9.17) is 0 Å². The molecule has 2 nitrogen and oxygen atoms in total. The molecule has 0 aliphatic heterocycles. The van der Waals surface area contributed by atoms with Crippen LogP contribution in [0.4, 0.5) is 0 Å². The van der Waals surface area contributed by atoms with Crippen LogP contribution in [0, 0.1) is 46.3 Å². The summed E-state index contributed by atoms with van der Waals surface area (Å²) in [5.41, 5.74) is 4.22. The Bertz CT molecular complexity index is 821. The van der Waals surface area contributed by atoms with Gasteiger partial charge in [-0.15, -0.1) is 0 Å². The van der Waals surface area contributed by atoms with E-state index < -0.39 is 0 Å². The summed E-state index contributed by atoms with van der Waals surface area (Å²) in [6.07, 6.45) is 13.3. The van der Waals surface area contributed by atoms with Crippen molar-refractivity contribution in [2.45, 2.75) is 105 Å². The van der Waals surface area contributed by atoms with Crippen molar-refractivity contribution >= 4 is 5.78 Å². The SMILES string of the molecule is C[C@H](CC[C@@H](C)[C@H]1CC[C@@H]2C3=C(CC[C@@]21C)[C@@]1(C)CC[C@H](O)CC1=CC3=O)[C@@H]1C[C@H]1C. The lowest BCUT2D eigenvalue weighted by Gasteiger charge is -2.51. The Morgan fingerprint density at radius 1 is 1.10 bits per heavy atom. The average Bonchev–Trinajstić information content (AvgIpc) is 3.35. The van der Waals surface area contributed by atoms with Crippen LogP contribution < -0.4 is 0 Å². The lowest BCUT2D eigenvalue weighted by molar-refractivity contribution is -0.113. The third-order valence-electron chi connectivity index (χ3n) is 11.0. The molecule has 0 amide bonds. The highest BCUT2D eigenvalue weighted by Gasteiger charge is 2.56. The van der Waals surface area contributed by atoms with Crippen LogP contribution in [0.5, 0.6) is 0 Å². The molecule has 9 atom stereocenters. The molecule has 5 aliphatic carbocycles. The van der Waals surface area contributed by atoms with Gasteiger partial charge in [-0.2, -0.15) is 0 Å². The van der Waals surface area contributed by atoms with E-state index in [1.54, 1.807) is 0 Å². The fraction of sp³-hybridized carbons (Fsp3) is 0.828. The molecule has 3 saturated carbocycles. The topological polar surface area (TPSA) is 37.3 Å². The number of carbonyl (C=O) groups is 1. The van der Waals surface area contributed by atoms with Gasteiger partial charge in [0.15, 0.2) is 5.78 Å². The van der Waals surface area contributed by atoms with Crippen molar-refractivity contribution in [1.82, 2.24) is 0 Å². The highest BCUT2D eigenvalue weighted by molar-refractivity contribution is 6.07. The molecule has 0 aromatic carbocycles. The zero-order valence-corrected chi connectivity index (χ0v) is 20.5. The molecular formula is C29H44O2. The van der Waals surface area contributed by atoms with Crippen LogP contribution in [0.2, 0.25) is 0 Å². The Balaban J connectivity index is 1.35. The van der Waals surface area contributed by atoms with E-state index in [9.17, 15) is 9.90 Å². The molecule has 2 heteroatoms. The van der Waals surface area contributed by atoms with Gasteiger partial charge in [0.05, 0.1) is 6.10 Å². The van der Waals surface area contributed by atoms with Crippen LogP contribution >= 0.6 is 0 Å². The number of fused-ring (bicyclic) bond motifs is 4. The first kappa shape index (κ1) is 21.9. The summed E-state index contributed by atoms with van der Waals surface area (Å²) in [5, 5.41) is 10.2. The number of aliphatic hydroxyl groups excluding tert-OH is 1. The Morgan fingerprint density at radius 2 is 1.81 bits per heavy atom. The van der Waals surface area contributed by atoms with Gasteiger partial charge < -0.3 is 5.11 Å². The predicted molar refractivity (Wildman–Crippen MR) is 126 cm³/mol. The Hall–Kier alpha value is -0.890. The van der Waals surface area contributed by atoms with Crippen LogP contribution in [0.3, 0.4) is 0 Å². The first-order chi connectivity index (χ1) is 14.6. The van der Waals surface area contributed by atoms with Gasteiger partial charge >= 0.3 is 0 Å². The second-order valence-corrected chi connectivity index (χ2v) is 12.8.